The van der Waals surface area contributed by atoms with Gasteiger partial charge in [-0.05, 0) is 19.4 Å². The first-order chi connectivity index (χ1) is 9.93. The van der Waals surface area contributed by atoms with Crippen LogP contribution in [-0.2, 0) is 4.74 Å². The van der Waals surface area contributed by atoms with Crippen LogP contribution in [0.15, 0.2) is 18.2 Å². The first-order valence-corrected chi connectivity index (χ1v) is 6.90. The highest BCUT2D eigenvalue weighted by molar-refractivity contribution is 6.00. The predicted molar refractivity (Wildman–Crippen MR) is 78.0 cm³/mol. The van der Waals surface area contributed by atoms with Crippen molar-refractivity contribution < 1.29 is 14.5 Å². The number of nitro benzene ring substituents is 1. The van der Waals surface area contributed by atoms with Gasteiger partial charge in [-0.1, -0.05) is 6.92 Å². The molecule has 1 aromatic rings. The first kappa shape index (κ1) is 15.2. The number of rotatable bonds is 3. The van der Waals surface area contributed by atoms with E-state index in [1.54, 1.807) is 4.90 Å². The van der Waals surface area contributed by atoms with Gasteiger partial charge in [-0.25, -0.2) is 0 Å². The van der Waals surface area contributed by atoms with E-state index in [0.29, 0.717) is 13.2 Å². The number of hydrogen-bond acceptors (Lipinski definition) is 5. The third-order valence-electron chi connectivity index (χ3n) is 3.68. The Morgan fingerprint density at radius 2 is 2.29 bits per heavy atom. The lowest BCUT2D eigenvalue weighted by Gasteiger charge is -2.38. The van der Waals surface area contributed by atoms with E-state index in [-0.39, 0.29) is 35.0 Å². The van der Waals surface area contributed by atoms with Gasteiger partial charge in [-0.15, -0.1) is 0 Å². The number of nitrogens with zero attached hydrogens (tertiary/aromatic N) is 2. The molecule has 1 heterocycles. The molecule has 7 nitrogen and oxygen atoms in total. The van der Waals surface area contributed by atoms with Crippen molar-refractivity contribution in [1.82, 2.24) is 4.90 Å². The summed E-state index contributed by atoms with van der Waals surface area (Å²) in [6, 6.07) is 3.90. The van der Waals surface area contributed by atoms with Crippen LogP contribution in [0.1, 0.15) is 30.6 Å². The molecule has 1 aromatic carbocycles. The summed E-state index contributed by atoms with van der Waals surface area (Å²) >= 11 is 0. The second-order valence-corrected chi connectivity index (χ2v) is 5.19. The van der Waals surface area contributed by atoms with Gasteiger partial charge < -0.3 is 15.4 Å². The van der Waals surface area contributed by atoms with Gasteiger partial charge in [0.2, 0.25) is 0 Å². The number of carbonyl (C=O) groups is 1. The highest BCUT2D eigenvalue weighted by Crippen LogP contribution is 2.24. The SMILES string of the molecule is CCC1COC(C)CN1C(=O)c1cc([N+](=O)[O-])ccc1N. The van der Waals surface area contributed by atoms with Crippen molar-refractivity contribution in [2.24, 2.45) is 0 Å². The Balaban J connectivity index is 2.33. The number of hydrogen-bond donors (Lipinski definition) is 1. The van der Waals surface area contributed by atoms with E-state index in [9.17, 15) is 14.9 Å². The molecule has 1 amide bonds. The smallest absolute Gasteiger partial charge is 0.270 e. The van der Waals surface area contributed by atoms with Crippen molar-refractivity contribution in [2.75, 3.05) is 18.9 Å². The lowest BCUT2D eigenvalue weighted by atomic mass is 10.1. The molecule has 0 aliphatic carbocycles. The number of benzene rings is 1. The number of nitrogen functional groups attached to an aromatic ring is 1. The Morgan fingerprint density at radius 1 is 1.57 bits per heavy atom. The summed E-state index contributed by atoms with van der Waals surface area (Å²) in [4.78, 5) is 24.7. The normalized spacial score (nSPS) is 22.1. The van der Waals surface area contributed by atoms with Crippen molar-refractivity contribution in [3.63, 3.8) is 0 Å². The molecule has 7 heteroatoms. The van der Waals surface area contributed by atoms with Gasteiger partial charge in [-0.2, -0.15) is 0 Å². The van der Waals surface area contributed by atoms with Gasteiger partial charge in [0.15, 0.2) is 0 Å². The number of ether oxygens (including phenoxy) is 1. The number of nitrogens with two attached hydrogens (primary N) is 1. The fraction of sp³-hybridized carbons (Fsp3) is 0.500. The van der Waals surface area contributed by atoms with Gasteiger partial charge >= 0.3 is 0 Å². The summed E-state index contributed by atoms with van der Waals surface area (Å²) in [5.74, 6) is -0.279. The maximum atomic E-state index is 12.7. The van der Waals surface area contributed by atoms with E-state index in [2.05, 4.69) is 0 Å². The molecule has 2 N–H and O–H groups in total. The molecule has 114 valence electrons. The van der Waals surface area contributed by atoms with E-state index in [0.717, 1.165) is 6.42 Å². The molecule has 21 heavy (non-hydrogen) atoms. The van der Waals surface area contributed by atoms with Gasteiger partial charge in [-0.3, -0.25) is 14.9 Å². The minimum absolute atomic E-state index is 0.0348. The van der Waals surface area contributed by atoms with Crippen LogP contribution >= 0.6 is 0 Å². The molecule has 0 radical (unpaired) electrons. The highest BCUT2D eigenvalue weighted by atomic mass is 16.6. The lowest BCUT2D eigenvalue weighted by Crippen LogP contribution is -2.51. The van der Waals surface area contributed by atoms with Crippen LogP contribution in [0.2, 0.25) is 0 Å². The maximum Gasteiger partial charge on any atom is 0.270 e. The molecular formula is C14H19N3O4. The maximum absolute atomic E-state index is 12.7. The van der Waals surface area contributed by atoms with Crippen molar-refractivity contribution in [2.45, 2.75) is 32.4 Å². The van der Waals surface area contributed by atoms with Crippen molar-refractivity contribution in [3.8, 4) is 0 Å². The van der Waals surface area contributed by atoms with Crippen LogP contribution in [-0.4, -0.2) is 41.0 Å². The number of non-ortho nitro benzene ring substituents is 1. The molecule has 1 saturated heterocycles. The molecule has 1 aliphatic heterocycles. The van der Waals surface area contributed by atoms with Crippen LogP contribution < -0.4 is 5.73 Å². The fourth-order valence-electron chi connectivity index (χ4n) is 2.43. The second kappa shape index (κ2) is 6.09. The van der Waals surface area contributed by atoms with E-state index in [4.69, 9.17) is 10.5 Å². The number of amides is 1. The minimum Gasteiger partial charge on any atom is -0.398 e. The predicted octanol–water partition coefficient (Wildman–Crippen LogP) is 1.82. The highest BCUT2D eigenvalue weighted by Gasteiger charge is 2.31. The number of nitro groups is 1. The van der Waals surface area contributed by atoms with Crippen LogP contribution in [0, 0.1) is 10.1 Å². The van der Waals surface area contributed by atoms with Crippen LogP contribution in [0.25, 0.3) is 0 Å². The van der Waals surface area contributed by atoms with Crippen molar-refractivity contribution in [1.29, 1.82) is 0 Å². The summed E-state index contributed by atoms with van der Waals surface area (Å²) in [6.45, 7) is 4.79. The fourth-order valence-corrected chi connectivity index (χ4v) is 2.43. The molecule has 0 aromatic heterocycles. The Hall–Kier alpha value is -2.15. The number of anilines is 1. The van der Waals surface area contributed by atoms with E-state index in [1.807, 2.05) is 13.8 Å². The summed E-state index contributed by atoms with van der Waals surface area (Å²) in [7, 11) is 0. The van der Waals surface area contributed by atoms with Gasteiger partial charge in [0.25, 0.3) is 11.6 Å². The summed E-state index contributed by atoms with van der Waals surface area (Å²) in [6.07, 6.45) is 0.699. The zero-order valence-corrected chi connectivity index (χ0v) is 12.1. The second-order valence-electron chi connectivity index (χ2n) is 5.19. The Labute approximate surface area is 122 Å². The Kier molecular flexibility index (Phi) is 4.42. The Morgan fingerprint density at radius 3 is 2.90 bits per heavy atom. The molecule has 2 unspecified atom stereocenters. The van der Waals surface area contributed by atoms with Crippen molar-refractivity contribution >= 4 is 17.3 Å². The van der Waals surface area contributed by atoms with Gasteiger partial charge in [0.1, 0.15) is 0 Å². The molecule has 2 rings (SSSR count). The molecular weight excluding hydrogens is 274 g/mol. The largest absolute Gasteiger partial charge is 0.398 e. The third kappa shape index (κ3) is 3.13. The topological polar surface area (TPSA) is 98.7 Å². The molecule has 0 bridgehead atoms. The van der Waals surface area contributed by atoms with E-state index in [1.165, 1.54) is 18.2 Å². The number of morpholine rings is 1. The Bertz CT molecular complexity index is 561. The van der Waals surface area contributed by atoms with Crippen molar-refractivity contribution in [3.05, 3.63) is 33.9 Å². The van der Waals surface area contributed by atoms with E-state index >= 15 is 0 Å². The monoisotopic (exact) mass is 293 g/mol. The minimum atomic E-state index is -0.532. The zero-order valence-electron chi connectivity index (χ0n) is 12.1. The zero-order chi connectivity index (χ0) is 15.6. The van der Waals surface area contributed by atoms with Crippen LogP contribution in [0.3, 0.4) is 0 Å². The molecule has 1 fully saturated rings. The van der Waals surface area contributed by atoms with Crippen LogP contribution in [0.4, 0.5) is 11.4 Å². The quantitative estimate of drug-likeness (QED) is 0.520. The molecule has 1 aliphatic rings. The number of carbonyl (C=O) groups excluding carboxylic acids is 1. The molecule has 2 atom stereocenters. The summed E-state index contributed by atoms with van der Waals surface area (Å²) < 4.78 is 5.56. The summed E-state index contributed by atoms with van der Waals surface area (Å²) in [5.41, 5.74) is 6.11. The summed E-state index contributed by atoms with van der Waals surface area (Å²) in [5, 5.41) is 10.9. The first-order valence-electron chi connectivity index (χ1n) is 6.90. The van der Waals surface area contributed by atoms with Gasteiger partial charge in [0, 0.05) is 24.4 Å². The average Bonchev–Trinajstić information content (AvgIpc) is 2.46. The average molecular weight is 293 g/mol. The molecule has 0 saturated carbocycles. The van der Waals surface area contributed by atoms with Crippen LogP contribution in [0.5, 0.6) is 0 Å². The third-order valence-corrected chi connectivity index (χ3v) is 3.68. The lowest BCUT2D eigenvalue weighted by molar-refractivity contribution is -0.384. The molecule has 0 spiro atoms. The van der Waals surface area contributed by atoms with Gasteiger partial charge in [0.05, 0.1) is 29.2 Å². The van der Waals surface area contributed by atoms with E-state index < -0.39 is 4.92 Å². The standard InChI is InChI=1S/C14H19N3O4/c1-3-10-8-21-9(2)7-16(10)14(18)12-6-11(17(19)20)4-5-13(12)15/h4-6,9-10H,3,7-8,15H2,1-2H3.